The fourth-order valence-electron chi connectivity index (χ4n) is 12.1. The van der Waals surface area contributed by atoms with E-state index in [0.29, 0.717) is 17.1 Å². The molecule has 0 aliphatic carbocycles. The Morgan fingerprint density at radius 2 is 1.00 bits per heavy atom. The number of hydrogen-bond acceptors (Lipinski definition) is 3. The molecule has 4 nitrogen and oxygen atoms in total. The number of ether oxygens (including phenoxy) is 1. The number of nitrogens with zero attached hydrogens (tertiary/aromatic N) is 3. The predicted octanol–water partition coefficient (Wildman–Crippen LogP) is 16.0. The third-order valence-electron chi connectivity index (χ3n) is 15.0. The minimum Gasteiger partial charge on any atom is -0.458 e. The smallest absolute Gasteiger partial charge is 0.258 e. The summed E-state index contributed by atoms with van der Waals surface area (Å²) in [5.74, 6) is 1.24. The molecule has 72 heavy (non-hydrogen) atoms. The number of aromatic nitrogens is 2. The highest BCUT2D eigenvalue weighted by Crippen LogP contribution is 2.50. The molecular formula is C66H40BN3OS. The Morgan fingerprint density at radius 1 is 0.417 bits per heavy atom. The number of rotatable bonds is 5. The van der Waals surface area contributed by atoms with Gasteiger partial charge >= 0.3 is 0 Å². The van der Waals surface area contributed by atoms with Crippen LogP contribution in [0.25, 0.3) is 97.4 Å². The second-order valence-corrected chi connectivity index (χ2v) is 19.8. The van der Waals surface area contributed by atoms with Crippen LogP contribution >= 0.6 is 11.3 Å². The van der Waals surface area contributed by atoms with Crippen molar-refractivity contribution in [2.24, 2.45) is 0 Å². The second-order valence-electron chi connectivity index (χ2n) is 18.8. The van der Waals surface area contributed by atoms with Gasteiger partial charge in [0.25, 0.3) is 6.71 Å². The molecule has 0 atom stereocenters. The van der Waals surface area contributed by atoms with Gasteiger partial charge in [0.2, 0.25) is 0 Å². The summed E-state index contributed by atoms with van der Waals surface area (Å²) in [5, 5.41) is 6.93. The van der Waals surface area contributed by atoms with Gasteiger partial charge in [-0.1, -0.05) is 176 Å². The van der Waals surface area contributed by atoms with Crippen LogP contribution in [-0.2, 0) is 0 Å². The molecule has 334 valence electrons. The predicted molar refractivity (Wildman–Crippen MR) is 305 cm³/mol. The topological polar surface area (TPSA) is 22.3 Å². The van der Waals surface area contributed by atoms with Crippen LogP contribution < -0.4 is 26.0 Å². The van der Waals surface area contributed by atoms with E-state index >= 15 is 0 Å². The number of benzene rings is 11. The van der Waals surface area contributed by atoms with Crippen LogP contribution in [0.1, 0.15) is 6.85 Å². The van der Waals surface area contributed by atoms with Gasteiger partial charge in [-0.15, -0.1) is 11.3 Å². The molecule has 0 N–H and O–H groups in total. The molecule has 6 heteroatoms. The van der Waals surface area contributed by atoms with Gasteiger partial charge in [0.05, 0.1) is 40.3 Å². The monoisotopic (exact) mass is 938 g/mol. The number of thiophene rings is 1. The minimum absolute atomic E-state index is 0.105. The van der Waals surface area contributed by atoms with Crippen molar-refractivity contribution in [3.05, 3.63) is 243 Å². The van der Waals surface area contributed by atoms with Crippen molar-refractivity contribution >= 4 is 115 Å². The largest absolute Gasteiger partial charge is 0.458 e. The third-order valence-corrected chi connectivity index (χ3v) is 16.2. The van der Waals surface area contributed by atoms with E-state index in [2.05, 4.69) is 208 Å². The molecule has 16 rings (SSSR count). The van der Waals surface area contributed by atoms with E-state index in [1.54, 1.807) is 11.3 Å². The van der Waals surface area contributed by atoms with Crippen LogP contribution in [0.4, 0.5) is 17.1 Å². The Morgan fingerprint density at radius 3 is 1.69 bits per heavy atom. The van der Waals surface area contributed by atoms with Gasteiger partial charge in [0, 0.05) is 70.4 Å². The SMILES string of the molecule is [2H]c1c([2H])c([2H])c(-c2cc3c4c(c2)N(c2ccccc2-c2ccccc2)c2cc(-n5c6ccccc6c6ccccc65)ccc2B4c2c(cc(-n4c5ccccc5c5ccccc54)c4c2sc2ccccc24)O3)c([2H])c1[2H]. The van der Waals surface area contributed by atoms with Gasteiger partial charge in [0.15, 0.2) is 0 Å². The average Bonchev–Trinajstić information content (AvgIpc) is 4.32. The molecule has 11 aromatic carbocycles. The Labute approximate surface area is 426 Å². The van der Waals surface area contributed by atoms with Crippen molar-refractivity contribution in [2.45, 2.75) is 0 Å². The van der Waals surface area contributed by atoms with Gasteiger partial charge in [-0.2, -0.15) is 0 Å². The molecule has 0 saturated heterocycles. The van der Waals surface area contributed by atoms with Crippen LogP contribution in [0.3, 0.4) is 0 Å². The number of hydrogen-bond donors (Lipinski definition) is 0. The summed E-state index contributed by atoms with van der Waals surface area (Å²) in [5.41, 5.74) is 14.6. The van der Waals surface area contributed by atoms with E-state index < -0.39 is 18.1 Å². The Bertz CT molecular complexity index is 4760. The van der Waals surface area contributed by atoms with Gasteiger partial charge in [-0.05, 0) is 93.7 Å². The highest BCUT2D eigenvalue weighted by molar-refractivity contribution is 7.28. The lowest BCUT2D eigenvalue weighted by Gasteiger charge is -2.41. The molecule has 0 spiro atoms. The number of para-hydroxylation sites is 5. The standard InChI is InChI=1S/C66H40BN3OS/c1-3-19-41(20-4-1)43-37-59-64-60(38-43)71-61-40-58(69-55-32-16-10-26-48(55)49-27-11-17-33-56(49)69)63-50-28-12-18-34-62(50)72-66(63)65(61)67(64)51-36-35-44(68-53-30-14-8-24-46(53)47-25-9-15-31-54(47)68)39-57(51)70(59)52-29-13-7-23-45(52)42-21-5-2-6-22-42/h1-40H/i1D,3D,4D,19D,20D. The number of fused-ring (bicyclic) bond motifs is 14. The summed E-state index contributed by atoms with van der Waals surface area (Å²) in [6.45, 7) is -0.372. The zero-order valence-corrected chi connectivity index (χ0v) is 39.3. The summed E-state index contributed by atoms with van der Waals surface area (Å²) in [7, 11) is 0. The summed E-state index contributed by atoms with van der Waals surface area (Å²) in [4.78, 5) is 2.33. The van der Waals surface area contributed by atoms with E-state index in [9.17, 15) is 2.74 Å². The normalized spacial score (nSPS) is 13.8. The van der Waals surface area contributed by atoms with Crippen LogP contribution in [-0.4, -0.2) is 15.8 Å². The van der Waals surface area contributed by atoms with Crippen molar-refractivity contribution in [2.75, 3.05) is 4.90 Å². The molecule has 0 amide bonds. The maximum atomic E-state index is 9.38. The van der Waals surface area contributed by atoms with Crippen molar-refractivity contribution in [3.63, 3.8) is 0 Å². The molecule has 0 saturated carbocycles. The van der Waals surface area contributed by atoms with Crippen LogP contribution in [0.15, 0.2) is 243 Å². The van der Waals surface area contributed by atoms with Crippen molar-refractivity contribution < 1.29 is 11.6 Å². The van der Waals surface area contributed by atoms with E-state index in [1.165, 1.54) is 0 Å². The molecular weight excluding hydrogens is 894 g/mol. The molecule has 0 fully saturated rings. The first-order chi connectivity index (χ1) is 37.8. The molecule has 2 aliphatic heterocycles. The lowest BCUT2D eigenvalue weighted by atomic mass is 9.34. The van der Waals surface area contributed by atoms with Crippen molar-refractivity contribution in [1.82, 2.24) is 9.13 Å². The summed E-state index contributed by atoms with van der Waals surface area (Å²) < 4.78 is 59.7. The summed E-state index contributed by atoms with van der Waals surface area (Å²) in [6.07, 6.45) is 0. The minimum atomic E-state index is -0.442. The van der Waals surface area contributed by atoms with Gasteiger partial charge in [0.1, 0.15) is 11.5 Å². The fraction of sp³-hybridized carbons (Fsp3) is 0. The summed E-state index contributed by atoms with van der Waals surface area (Å²) in [6, 6.07) is 73.1. The Hall–Kier alpha value is -9.10. The first kappa shape index (κ1) is 35.1. The first-order valence-corrected chi connectivity index (χ1v) is 25.1. The molecule has 0 radical (unpaired) electrons. The number of anilines is 3. The van der Waals surface area contributed by atoms with E-state index in [0.717, 1.165) is 120 Å². The first-order valence-electron chi connectivity index (χ1n) is 26.8. The molecule has 2 aliphatic rings. The highest BCUT2D eigenvalue weighted by atomic mass is 32.1. The second kappa shape index (κ2) is 15.2. The average molecular weight is 939 g/mol. The highest BCUT2D eigenvalue weighted by Gasteiger charge is 2.45. The molecule has 0 unspecified atom stereocenters. The van der Waals surface area contributed by atoms with E-state index in [1.807, 2.05) is 18.2 Å². The maximum Gasteiger partial charge on any atom is 0.258 e. The Balaban J connectivity index is 1.06. The maximum absolute atomic E-state index is 9.38. The van der Waals surface area contributed by atoms with Gasteiger partial charge in [-0.25, -0.2) is 0 Å². The third kappa shape index (κ3) is 5.58. The quantitative estimate of drug-likeness (QED) is 0.160. The van der Waals surface area contributed by atoms with Crippen molar-refractivity contribution in [3.8, 4) is 45.1 Å². The molecule has 14 aromatic rings. The lowest BCUT2D eigenvalue weighted by Crippen LogP contribution is -2.59. The summed E-state index contributed by atoms with van der Waals surface area (Å²) >= 11 is 1.79. The lowest BCUT2D eigenvalue weighted by molar-refractivity contribution is 0.488. The molecule has 0 bridgehead atoms. The van der Waals surface area contributed by atoms with Crippen LogP contribution in [0, 0.1) is 0 Å². The molecule has 5 heterocycles. The zero-order valence-electron chi connectivity index (χ0n) is 43.4. The van der Waals surface area contributed by atoms with Crippen LogP contribution in [0.5, 0.6) is 11.5 Å². The van der Waals surface area contributed by atoms with E-state index in [4.69, 9.17) is 8.85 Å². The Kier molecular flexibility index (Phi) is 7.41. The molecule has 3 aromatic heterocycles. The van der Waals surface area contributed by atoms with Crippen LogP contribution in [0.2, 0.25) is 0 Å². The van der Waals surface area contributed by atoms with Gasteiger partial charge < -0.3 is 18.8 Å². The van der Waals surface area contributed by atoms with Gasteiger partial charge in [-0.3, -0.25) is 0 Å². The fourth-order valence-corrected chi connectivity index (χ4v) is 13.4. The zero-order chi connectivity index (χ0) is 51.4. The van der Waals surface area contributed by atoms with Crippen molar-refractivity contribution in [1.29, 1.82) is 0 Å². The van der Waals surface area contributed by atoms with E-state index in [-0.39, 0.29) is 24.4 Å².